The van der Waals surface area contributed by atoms with Crippen molar-refractivity contribution in [1.29, 1.82) is 0 Å². The summed E-state index contributed by atoms with van der Waals surface area (Å²) in [5.74, 6) is 3.72. The third kappa shape index (κ3) is 18.5. The van der Waals surface area contributed by atoms with E-state index in [1.807, 2.05) is 0 Å². The molecule has 0 saturated heterocycles. The minimum absolute atomic E-state index is 0.0202. The van der Waals surface area contributed by atoms with E-state index in [9.17, 15) is 14.4 Å². The summed E-state index contributed by atoms with van der Waals surface area (Å²) in [6.45, 7) is 2.98. The Labute approximate surface area is 152 Å². The highest BCUT2D eigenvalue weighted by Gasteiger charge is 2.03. The van der Waals surface area contributed by atoms with E-state index in [2.05, 4.69) is 16.1 Å². The second kappa shape index (κ2) is 18.0. The number of hydrogen-bond donors (Lipinski definition) is 5. The molecular weight excluding hydrogens is 348 g/mol. The van der Waals surface area contributed by atoms with E-state index < -0.39 is 5.97 Å². The zero-order chi connectivity index (χ0) is 19.5. The summed E-state index contributed by atoms with van der Waals surface area (Å²) in [5, 5.41) is 13.7. The number of ether oxygens (including phenoxy) is 3. The van der Waals surface area contributed by atoms with Crippen molar-refractivity contribution in [3.05, 3.63) is 0 Å². The van der Waals surface area contributed by atoms with Gasteiger partial charge in [0.25, 0.3) is 0 Å². The molecule has 0 saturated carbocycles. The lowest BCUT2D eigenvalue weighted by atomic mass is 10.2. The molecule has 26 heavy (non-hydrogen) atoms. The second-order valence-electron chi connectivity index (χ2n) is 5.18. The van der Waals surface area contributed by atoms with Gasteiger partial charge in [0, 0.05) is 32.5 Å². The number of carbonyl (C=O) groups is 3. The molecule has 0 unspecified atom stereocenters. The molecule has 11 heteroatoms. The molecule has 0 atom stereocenters. The van der Waals surface area contributed by atoms with E-state index in [0.717, 1.165) is 0 Å². The van der Waals surface area contributed by atoms with Crippen LogP contribution in [0, 0.1) is 0 Å². The lowest BCUT2D eigenvalue weighted by molar-refractivity contribution is -0.137. The van der Waals surface area contributed by atoms with E-state index in [-0.39, 0.29) is 37.9 Å². The maximum absolute atomic E-state index is 11.4. The molecule has 0 radical (unpaired) electrons. The fraction of sp³-hybridized carbons (Fsp3) is 0.800. The summed E-state index contributed by atoms with van der Waals surface area (Å²) in [5.41, 5.74) is 2.45. The van der Waals surface area contributed by atoms with E-state index >= 15 is 0 Å². The van der Waals surface area contributed by atoms with Crippen LogP contribution in [0.4, 0.5) is 0 Å². The summed E-state index contributed by atoms with van der Waals surface area (Å²) in [4.78, 5) is 33.1. The molecule has 0 heterocycles. The number of rotatable bonds is 18. The van der Waals surface area contributed by atoms with Crippen LogP contribution in [0.3, 0.4) is 0 Å². The number of carboxylic acids is 1. The lowest BCUT2D eigenvalue weighted by Crippen LogP contribution is -2.32. The first kappa shape index (κ1) is 24.2. The van der Waals surface area contributed by atoms with Gasteiger partial charge in [0.05, 0.1) is 33.0 Å². The van der Waals surface area contributed by atoms with Gasteiger partial charge < -0.3 is 30.0 Å². The van der Waals surface area contributed by atoms with Crippen molar-refractivity contribution in [3.63, 3.8) is 0 Å². The van der Waals surface area contributed by atoms with Gasteiger partial charge in [0.1, 0.15) is 6.61 Å². The van der Waals surface area contributed by atoms with Gasteiger partial charge in [0.15, 0.2) is 0 Å². The predicted octanol–water partition coefficient (Wildman–Crippen LogP) is -2.01. The molecule has 0 aliphatic carbocycles. The summed E-state index contributed by atoms with van der Waals surface area (Å²) < 4.78 is 15.6. The van der Waals surface area contributed by atoms with Gasteiger partial charge in [-0.3, -0.25) is 25.7 Å². The zero-order valence-electron chi connectivity index (χ0n) is 15.0. The lowest BCUT2D eigenvalue weighted by Gasteiger charge is -2.08. The fourth-order valence-electron chi connectivity index (χ4n) is 1.68. The fourth-order valence-corrected chi connectivity index (χ4v) is 1.68. The SMILES string of the molecule is NNCCOCCNC(=O)COCCOCCNC(=O)CCCC(=O)O. The van der Waals surface area contributed by atoms with Crippen molar-refractivity contribution in [2.45, 2.75) is 19.3 Å². The van der Waals surface area contributed by atoms with Gasteiger partial charge in [-0.05, 0) is 6.42 Å². The van der Waals surface area contributed by atoms with Gasteiger partial charge >= 0.3 is 5.97 Å². The van der Waals surface area contributed by atoms with Crippen LogP contribution in [0.25, 0.3) is 0 Å². The number of aliphatic carboxylic acids is 1. The Balaban J connectivity index is 3.28. The monoisotopic (exact) mass is 378 g/mol. The molecule has 0 aromatic rings. The van der Waals surface area contributed by atoms with E-state index in [0.29, 0.717) is 52.5 Å². The van der Waals surface area contributed by atoms with Crippen molar-refractivity contribution in [2.24, 2.45) is 5.84 Å². The average Bonchev–Trinajstić information content (AvgIpc) is 2.60. The summed E-state index contributed by atoms with van der Waals surface area (Å²) in [6, 6.07) is 0. The maximum Gasteiger partial charge on any atom is 0.303 e. The highest BCUT2D eigenvalue weighted by molar-refractivity contribution is 5.77. The number of hydrogen-bond acceptors (Lipinski definition) is 8. The first-order valence-electron chi connectivity index (χ1n) is 8.48. The van der Waals surface area contributed by atoms with Crippen LogP contribution in [0.15, 0.2) is 0 Å². The van der Waals surface area contributed by atoms with E-state index in [4.69, 9.17) is 25.2 Å². The van der Waals surface area contributed by atoms with Crippen LogP contribution in [0.2, 0.25) is 0 Å². The largest absolute Gasteiger partial charge is 0.481 e. The molecule has 0 rings (SSSR count). The molecule has 0 aromatic carbocycles. The predicted molar refractivity (Wildman–Crippen MR) is 92.2 cm³/mol. The van der Waals surface area contributed by atoms with Crippen LogP contribution in [0.1, 0.15) is 19.3 Å². The van der Waals surface area contributed by atoms with Gasteiger partial charge in [0.2, 0.25) is 11.8 Å². The summed E-state index contributed by atoms with van der Waals surface area (Å²) >= 11 is 0. The Bertz CT molecular complexity index is 396. The molecule has 6 N–H and O–H groups in total. The van der Waals surface area contributed by atoms with Gasteiger partial charge in [-0.15, -0.1) is 0 Å². The molecule has 2 amide bonds. The van der Waals surface area contributed by atoms with Crippen LogP contribution in [-0.2, 0) is 28.6 Å². The van der Waals surface area contributed by atoms with Gasteiger partial charge in [-0.2, -0.15) is 0 Å². The van der Waals surface area contributed by atoms with Crippen LogP contribution < -0.4 is 21.9 Å². The number of carbonyl (C=O) groups excluding carboxylic acids is 2. The minimum atomic E-state index is -0.914. The quantitative estimate of drug-likeness (QED) is 0.103. The molecule has 0 fully saturated rings. The van der Waals surface area contributed by atoms with Crippen LogP contribution in [-0.4, -0.2) is 82.2 Å². The Morgan fingerprint density at radius 3 is 2.00 bits per heavy atom. The average molecular weight is 378 g/mol. The smallest absolute Gasteiger partial charge is 0.303 e. The Hall–Kier alpha value is -1.79. The molecule has 0 aliphatic heterocycles. The second-order valence-corrected chi connectivity index (χ2v) is 5.18. The number of nitrogens with two attached hydrogens (primary N) is 1. The third-order valence-corrected chi connectivity index (χ3v) is 2.93. The molecule has 0 aromatic heterocycles. The Morgan fingerprint density at radius 1 is 0.769 bits per heavy atom. The van der Waals surface area contributed by atoms with Crippen LogP contribution >= 0.6 is 0 Å². The van der Waals surface area contributed by atoms with Crippen molar-refractivity contribution in [1.82, 2.24) is 16.1 Å². The summed E-state index contributed by atoms with van der Waals surface area (Å²) in [6.07, 6.45) is 0.474. The van der Waals surface area contributed by atoms with Crippen molar-refractivity contribution in [3.8, 4) is 0 Å². The molecule has 152 valence electrons. The third-order valence-electron chi connectivity index (χ3n) is 2.93. The van der Waals surface area contributed by atoms with E-state index in [1.54, 1.807) is 0 Å². The molecule has 0 bridgehead atoms. The normalized spacial score (nSPS) is 10.5. The zero-order valence-corrected chi connectivity index (χ0v) is 15.0. The van der Waals surface area contributed by atoms with Crippen molar-refractivity contribution < 1.29 is 33.7 Å². The van der Waals surface area contributed by atoms with Crippen LogP contribution in [0.5, 0.6) is 0 Å². The first-order valence-corrected chi connectivity index (χ1v) is 8.48. The molecule has 0 spiro atoms. The maximum atomic E-state index is 11.4. The number of carboxylic acid groups (broad SMARTS) is 1. The Kier molecular flexibility index (Phi) is 16.8. The summed E-state index contributed by atoms with van der Waals surface area (Å²) in [7, 11) is 0. The Morgan fingerprint density at radius 2 is 1.35 bits per heavy atom. The van der Waals surface area contributed by atoms with Crippen molar-refractivity contribution in [2.75, 3.05) is 59.3 Å². The van der Waals surface area contributed by atoms with Crippen molar-refractivity contribution >= 4 is 17.8 Å². The number of hydrazine groups is 1. The highest BCUT2D eigenvalue weighted by Crippen LogP contribution is 1.94. The topological polar surface area (TPSA) is 161 Å². The van der Waals surface area contributed by atoms with Gasteiger partial charge in [-0.25, -0.2) is 0 Å². The highest BCUT2D eigenvalue weighted by atomic mass is 16.5. The van der Waals surface area contributed by atoms with Gasteiger partial charge in [-0.1, -0.05) is 0 Å². The van der Waals surface area contributed by atoms with E-state index in [1.165, 1.54) is 0 Å². The molecular formula is C15H30N4O7. The number of nitrogens with one attached hydrogen (secondary N) is 3. The molecule has 11 nitrogen and oxygen atoms in total. The minimum Gasteiger partial charge on any atom is -0.481 e. The molecule has 0 aliphatic rings. The first-order chi connectivity index (χ1) is 12.6. The number of amides is 2. The standard InChI is InChI=1S/C15H30N4O7/c16-19-6-9-24-7-5-18-14(21)12-26-11-10-25-8-4-17-13(20)2-1-3-15(22)23/h19H,1-12,16H2,(H,17,20)(H,18,21)(H,22,23).